The molecule has 10 rings (SSSR count). The summed E-state index contributed by atoms with van der Waals surface area (Å²) in [5, 5.41) is 9.02. The van der Waals surface area contributed by atoms with Crippen LogP contribution in [0.1, 0.15) is 83.6 Å². The number of aromatic nitrogens is 14. The van der Waals surface area contributed by atoms with Crippen molar-refractivity contribution >= 4 is 73.5 Å². The first kappa shape index (κ1) is 58.8. The third-order valence-corrected chi connectivity index (χ3v) is 13.4. The van der Waals surface area contributed by atoms with E-state index in [1.54, 1.807) is 51.8 Å². The van der Waals surface area contributed by atoms with E-state index in [0.29, 0.717) is 82.9 Å². The zero-order valence-electron chi connectivity index (χ0n) is 45.4. The molecule has 4 aliphatic rings. The summed E-state index contributed by atoms with van der Waals surface area (Å²) in [6, 6.07) is 0. The van der Waals surface area contributed by atoms with Crippen molar-refractivity contribution in [1.29, 1.82) is 0 Å². The van der Waals surface area contributed by atoms with Gasteiger partial charge in [-0.1, -0.05) is 0 Å². The number of nitrogens with zero attached hydrogens (tertiary/aromatic N) is 19. The van der Waals surface area contributed by atoms with Gasteiger partial charge in [-0.2, -0.15) is 15.2 Å². The molecule has 0 unspecified atom stereocenters. The molecule has 2 atom stereocenters. The molecule has 0 aromatic carbocycles. The van der Waals surface area contributed by atoms with Crippen molar-refractivity contribution in [2.45, 2.75) is 110 Å². The minimum absolute atomic E-state index is 0.148. The maximum Gasteiger partial charge on any atom is 0.410 e. The quantitative estimate of drug-likeness (QED) is 0.137. The summed E-state index contributed by atoms with van der Waals surface area (Å²) in [6.07, 6.45) is 21.5. The number of ether oxygens (including phenoxy) is 4. The fourth-order valence-corrected chi connectivity index (χ4v) is 9.26. The van der Waals surface area contributed by atoms with E-state index >= 15 is 0 Å². The first-order chi connectivity index (χ1) is 37.9. The van der Waals surface area contributed by atoms with Crippen LogP contribution >= 0.6 is 43.5 Å². The molecule has 0 N–H and O–H groups in total. The van der Waals surface area contributed by atoms with Gasteiger partial charge in [0.25, 0.3) is 0 Å². The average Bonchev–Trinajstić information content (AvgIpc) is 4.07. The number of anilines is 3. The Morgan fingerprint density at radius 3 is 1.44 bits per heavy atom. The van der Waals surface area contributed by atoms with E-state index in [0.717, 1.165) is 71.2 Å². The average molecular weight is 1240 g/mol. The van der Waals surface area contributed by atoms with E-state index in [1.807, 2.05) is 64.8 Å². The molecule has 0 aliphatic carbocycles. The lowest BCUT2D eigenvalue weighted by Gasteiger charge is -2.34. The van der Waals surface area contributed by atoms with Crippen LogP contribution in [-0.2, 0) is 44.9 Å². The number of morpholine rings is 2. The lowest BCUT2D eigenvalue weighted by atomic mass is 10.1. The minimum atomic E-state index is -0.528. The highest BCUT2D eigenvalue weighted by Gasteiger charge is 2.30. The van der Waals surface area contributed by atoms with Gasteiger partial charge in [-0.25, -0.2) is 54.4 Å². The lowest BCUT2D eigenvalue weighted by Crippen LogP contribution is -2.48. The van der Waals surface area contributed by atoms with Crippen LogP contribution in [0.2, 0.25) is 5.28 Å². The number of piperazine rings is 1. The molecule has 0 saturated carbocycles. The molecule has 25 nitrogen and oxygen atoms in total. The Morgan fingerprint density at radius 2 is 0.987 bits per heavy atom. The molecule has 4 saturated heterocycles. The third-order valence-electron chi connectivity index (χ3n) is 12.4. The van der Waals surface area contributed by atoms with Gasteiger partial charge in [0.1, 0.15) is 35.5 Å². The van der Waals surface area contributed by atoms with Gasteiger partial charge in [0.05, 0.1) is 72.9 Å². The first-order valence-electron chi connectivity index (χ1n) is 26.3. The molecular formula is C51H68Br2ClN19O6. The molecule has 4 aliphatic heterocycles. The number of rotatable bonds is 11. The van der Waals surface area contributed by atoms with Crippen molar-refractivity contribution in [1.82, 2.24) is 79.2 Å². The van der Waals surface area contributed by atoms with Crippen LogP contribution in [-0.4, -0.2) is 193 Å². The Balaban J connectivity index is 0.000000176. The summed E-state index contributed by atoms with van der Waals surface area (Å²) in [7, 11) is 0. The normalized spacial score (nSPS) is 18.0. The van der Waals surface area contributed by atoms with E-state index in [4.69, 9.17) is 35.5 Å². The standard InChI is InChI=1S/C25H33BrN10O3.C17H23ClN6O3.C9H12BrN3/c1-25(2,3)39-24(37)35-8-9-38-20(15-35)16-36-14-18(11-31-36)10-21-29-17-30-23(32-21)34-6-4-33(5-7-34)22-27-12-19(26)13-28-22;1-17(2,3)27-16(25)23-4-5-26-13(9-23)10-24-8-12(7-21-24)6-14-19-11-20-15(18)22-14;10-8-6-11-9(12-7-8)13-4-2-1-3-5-13/h11-14,17,20H,4-10,15-16H2,1-3H3;7-8,11,13H,4-6,9-10H2,1-3H3;6-7H,1-5H2/t20-;13-;/m00./s1. The molecule has 10 heterocycles. The second-order valence-corrected chi connectivity index (χ2v) is 23.3. The van der Waals surface area contributed by atoms with Crippen LogP contribution in [0.25, 0.3) is 0 Å². The third kappa shape index (κ3) is 18.9. The van der Waals surface area contributed by atoms with Crippen LogP contribution in [0.4, 0.5) is 27.4 Å². The van der Waals surface area contributed by atoms with Gasteiger partial charge in [-0.3, -0.25) is 9.36 Å². The summed E-state index contributed by atoms with van der Waals surface area (Å²) in [6.45, 7) is 20.4. The number of halogens is 3. The van der Waals surface area contributed by atoms with Gasteiger partial charge < -0.3 is 43.4 Å². The maximum atomic E-state index is 12.4. The van der Waals surface area contributed by atoms with Gasteiger partial charge >= 0.3 is 12.2 Å². The van der Waals surface area contributed by atoms with Crippen LogP contribution in [0, 0.1) is 0 Å². The van der Waals surface area contributed by atoms with Crippen molar-refractivity contribution < 1.29 is 28.5 Å². The molecule has 424 valence electrons. The van der Waals surface area contributed by atoms with E-state index in [9.17, 15) is 9.59 Å². The van der Waals surface area contributed by atoms with Gasteiger partial charge in [0.2, 0.25) is 23.1 Å². The van der Waals surface area contributed by atoms with E-state index < -0.39 is 11.2 Å². The highest BCUT2D eigenvalue weighted by Crippen LogP contribution is 2.20. The Bertz CT molecular complexity index is 2880. The zero-order chi connectivity index (χ0) is 55.9. The molecular weight excluding hydrogens is 1170 g/mol. The molecule has 28 heteroatoms. The summed E-state index contributed by atoms with van der Waals surface area (Å²) >= 11 is 12.5. The van der Waals surface area contributed by atoms with Crippen LogP contribution in [0.5, 0.6) is 0 Å². The van der Waals surface area contributed by atoms with Gasteiger partial charge in [0, 0.05) is 102 Å². The maximum absolute atomic E-state index is 12.4. The minimum Gasteiger partial charge on any atom is -0.444 e. The fourth-order valence-electron chi connectivity index (χ4n) is 8.71. The van der Waals surface area contributed by atoms with Crippen molar-refractivity contribution in [3.05, 3.63) is 99.2 Å². The topological polar surface area (TPSA) is 252 Å². The highest BCUT2D eigenvalue weighted by molar-refractivity contribution is 9.10. The number of carbonyl (C=O) groups is 2. The SMILES string of the molecule is Brc1cnc(N2CCCCC2)nc1.CC(C)(C)OC(=O)N1CCO[C@H](Cn2cc(Cc3ncnc(Cl)n3)cn2)C1.CC(C)(C)OC(=O)N1CCO[C@H](Cn2cc(Cc3ncnc(N4CCN(c5ncc(Br)cn5)CC4)n3)cn2)C1. The van der Waals surface area contributed by atoms with Crippen molar-refractivity contribution in [2.24, 2.45) is 0 Å². The number of hydrogen-bond acceptors (Lipinski definition) is 21. The number of carbonyl (C=O) groups excluding carboxylic acids is 2. The Labute approximate surface area is 481 Å². The molecule has 79 heavy (non-hydrogen) atoms. The molecule has 0 radical (unpaired) electrons. The Hall–Kier alpha value is -6.29. The molecule has 6 aromatic heterocycles. The van der Waals surface area contributed by atoms with Gasteiger partial charge in [0.15, 0.2) is 0 Å². The van der Waals surface area contributed by atoms with Crippen molar-refractivity contribution in [3.8, 4) is 0 Å². The zero-order valence-corrected chi connectivity index (χ0v) is 49.4. The van der Waals surface area contributed by atoms with E-state index in [1.165, 1.54) is 25.6 Å². The number of hydrogen-bond donors (Lipinski definition) is 0. The monoisotopic (exact) mass is 1240 g/mol. The molecule has 4 fully saturated rings. The number of piperidine rings is 1. The van der Waals surface area contributed by atoms with Crippen molar-refractivity contribution in [3.63, 3.8) is 0 Å². The van der Waals surface area contributed by atoms with Crippen LogP contribution in [0.3, 0.4) is 0 Å². The summed E-state index contributed by atoms with van der Waals surface area (Å²) in [5.41, 5.74) is 0.904. The molecule has 2 amide bonds. The molecule has 0 bridgehead atoms. The smallest absolute Gasteiger partial charge is 0.410 e. The Morgan fingerprint density at radius 1 is 0.557 bits per heavy atom. The predicted molar refractivity (Wildman–Crippen MR) is 300 cm³/mol. The van der Waals surface area contributed by atoms with Crippen LogP contribution in [0.15, 0.2) is 71.2 Å². The van der Waals surface area contributed by atoms with E-state index in [2.05, 4.69) is 102 Å². The van der Waals surface area contributed by atoms with E-state index in [-0.39, 0.29) is 29.7 Å². The molecule has 0 spiro atoms. The summed E-state index contributed by atoms with van der Waals surface area (Å²) < 4.78 is 28.0. The van der Waals surface area contributed by atoms with Crippen LogP contribution < -0.4 is 14.7 Å². The number of amides is 2. The summed E-state index contributed by atoms with van der Waals surface area (Å²) in [5.74, 6) is 3.52. The largest absolute Gasteiger partial charge is 0.444 e. The molecule has 6 aromatic rings. The Kier molecular flexibility index (Phi) is 20.7. The predicted octanol–water partition coefficient (Wildman–Crippen LogP) is 6.35. The van der Waals surface area contributed by atoms with Gasteiger partial charge in [-0.05, 0) is 115 Å². The second kappa shape index (κ2) is 27.7. The fraction of sp³-hybridized carbons (Fsp3) is 0.569. The van der Waals surface area contributed by atoms with Gasteiger partial charge in [-0.15, -0.1) is 0 Å². The highest BCUT2D eigenvalue weighted by atomic mass is 79.9. The van der Waals surface area contributed by atoms with Crippen molar-refractivity contribution in [2.75, 3.05) is 93.4 Å². The lowest BCUT2D eigenvalue weighted by molar-refractivity contribution is -0.0484. The first-order valence-corrected chi connectivity index (χ1v) is 28.3. The summed E-state index contributed by atoms with van der Waals surface area (Å²) in [4.78, 5) is 77.4. The second-order valence-electron chi connectivity index (χ2n) is 21.1.